The lowest BCUT2D eigenvalue weighted by molar-refractivity contribution is -0.115. The van der Waals surface area contributed by atoms with Crippen LogP contribution in [0.2, 0.25) is 0 Å². The van der Waals surface area contributed by atoms with Gasteiger partial charge in [0.2, 0.25) is 5.91 Å². The number of amides is 1. The molecule has 0 aliphatic carbocycles. The topological polar surface area (TPSA) is 74.7 Å². The Labute approximate surface area is 212 Å². The quantitative estimate of drug-likeness (QED) is 0.367. The highest BCUT2D eigenvalue weighted by Crippen LogP contribution is 2.25. The second-order valence-corrected chi connectivity index (χ2v) is 9.99. The van der Waals surface area contributed by atoms with Gasteiger partial charge in [0.05, 0.1) is 18.7 Å². The summed E-state index contributed by atoms with van der Waals surface area (Å²) < 4.78 is 5.94. The van der Waals surface area contributed by atoms with E-state index in [-0.39, 0.29) is 12.3 Å². The molecule has 0 unspecified atom stereocenters. The summed E-state index contributed by atoms with van der Waals surface area (Å²) in [5, 5.41) is 14.8. The van der Waals surface area contributed by atoms with Crippen molar-refractivity contribution < 1.29 is 14.6 Å². The van der Waals surface area contributed by atoms with E-state index in [4.69, 9.17) is 4.74 Å². The molecule has 4 rings (SSSR count). The third-order valence-corrected chi connectivity index (χ3v) is 7.28. The van der Waals surface area contributed by atoms with E-state index in [1.807, 2.05) is 29.6 Å². The van der Waals surface area contributed by atoms with Crippen molar-refractivity contribution >= 4 is 22.4 Å². The third-order valence-electron chi connectivity index (χ3n) is 6.52. The summed E-state index contributed by atoms with van der Waals surface area (Å²) in [4.78, 5) is 19.6. The molecule has 0 bridgehead atoms. The van der Waals surface area contributed by atoms with Crippen molar-refractivity contribution in [1.29, 1.82) is 0 Å². The van der Waals surface area contributed by atoms with Crippen molar-refractivity contribution in [3.05, 3.63) is 65.0 Å². The molecule has 7 heteroatoms. The Kier molecular flexibility index (Phi) is 9.28. The largest absolute Gasteiger partial charge is 0.494 e. The number of nitrogens with one attached hydrogen (secondary N) is 1. The number of aliphatic hydroxyl groups is 1. The predicted molar refractivity (Wildman–Crippen MR) is 142 cm³/mol. The smallest absolute Gasteiger partial charge is 0.230 e. The van der Waals surface area contributed by atoms with Crippen LogP contribution in [-0.2, 0) is 17.6 Å². The highest BCUT2D eigenvalue weighted by Gasteiger charge is 2.17. The van der Waals surface area contributed by atoms with Crippen LogP contribution >= 0.6 is 11.3 Å². The molecule has 1 aliphatic rings. The van der Waals surface area contributed by atoms with Gasteiger partial charge in [-0.05, 0) is 68.0 Å². The Morgan fingerprint density at radius 3 is 2.71 bits per heavy atom. The molecule has 3 aromatic rings. The monoisotopic (exact) mass is 493 g/mol. The van der Waals surface area contributed by atoms with E-state index in [0.717, 1.165) is 67.9 Å². The zero-order valence-corrected chi connectivity index (χ0v) is 21.2. The number of aryl methyl sites for hydroxylation is 1. The maximum absolute atomic E-state index is 12.6. The lowest BCUT2D eigenvalue weighted by Gasteiger charge is -2.30. The zero-order valence-electron chi connectivity index (χ0n) is 20.4. The van der Waals surface area contributed by atoms with E-state index in [1.54, 1.807) is 0 Å². The summed E-state index contributed by atoms with van der Waals surface area (Å²) in [6.45, 7) is 6.22. The summed E-state index contributed by atoms with van der Waals surface area (Å²) in [6, 6.07) is 16.1. The van der Waals surface area contributed by atoms with Crippen LogP contribution in [0.1, 0.15) is 37.3 Å². The maximum Gasteiger partial charge on any atom is 0.230 e. The van der Waals surface area contributed by atoms with Crippen LogP contribution in [-0.4, -0.2) is 53.7 Å². The van der Waals surface area contributed by atoms with Crippen LogP contribution in [0, 0.1) is 5.92 Å². The number of piperidine rings is 1. The predicted octanol–water partition coefficient (Wildman–Crippen LogP) is 5.03. The van der Waals surface area contributed by atoms with Crippen LogP contribution in [0.5, 0.6) is 5.75 Å². The van der Waals surface area contributed by atoms with E-state index >= 15 is 0 Å². The van der Waals surface area contributed by atoms with Gasteiger partial charge in [0.25, 0.3) is 0 Å². The summed E-state index contributed by atoms with van der Waals surface area (Å²) in [6.07, 6.45) is 4.40. The van der Waals surface area contributed by atoms with Crippen LogP contribution < -0.4 is 10.1 Å². The third kappa shape index (κ3) is 7.62. The number of ether oxygens (including phenoxy) is 1. The van der Waals surface area contributed by atoms with Crippen molar-refractivity contribution in [3.8, 4) is 17.0 Å². The van der Waals surface area contributed by atoms with Gasteiger partial charge in [0, 0.05) is 24.1 Å². The minimum atomic E-state index is -0.0873. The van der Waals surface area contributed by atoms with Gasteiger partial charge in [-0.2, -0.15) is 0 Å². The van der Waals surface area contributed by atoms with Crippen molar-refractivity contribution in [2.24, 2.45) is 5.92 Å². The molecule has 1 saturated heterocycles. The number of rotatable bonds is 11. The fourth-order valence-corrected chi connectivity index (χ4v) is 5.08. The van der Waals surface area contributed by atoms with Crippen LogP contribution in [0.25, 0.3) is 11.3 Å². The van der Waals surface area contributed by atoms with Crippen LogP contribution in [0.3, 0.4) is 0 Å². The molecule has 0 atom stereocenters. The summed E-state index contributed by atoms with van der Waals surface area (Å²) >= 11 is 1.44. The van der Waals surface area contributed by atoms with Gasteiger partial charge < -0.3 is 20.1 Å². The fraction of sp³-hybridized carbons (Fsp3) is 0.429. The molecule has 1 aromatic heterocycles. The summed E-state index contributed by atoms with van der Waals surface area (Å²) in [5.74, 6) is 1.18. The average Bonchev–Trinajstić information content (AvgIpc) is 3.35. The van der Waals surface area contributed by atoms with Gasteiger partial charge >= 0.3 is 0 Å². The minimum Gasteiger partial charge on any atom is -0.494 e. The van der Waals surface area contributed by atoms with Gasteiger partial charge in [-0.1, -0.05) is 43.3 Å². The van der Waals surface area contributed by atoms with E-state index in [1.165, 1.54) is 16.9 Å². The Balaban J connectivity index is 1.21. The van der Waals surface area contributed by atoms with Crippen molar-refractivity contribution in [2.45, 2.75) is 39.0 Å². The molecule has 0 radical (unpaired) electrons. The molecule has 0 saturated carbocycles. The highest BCUT2D eigenvalue weighted by molar-refractivity contribution is 7.14. The number of hydrogen-bond acceptors (Lipinski definition) is 6. The second kappa shape index (κ2) is 12.8. The number of nitrogens with zero attached hydrogens (tertiary/aromatic N) is 2. The highest BCUT2D eigenvalue weighted by atomic mass is 32.1. The average molecular weight is 494 g/mol. The molecular formula is C28H35N3O3S. The Hall–Kier alpha value is -2.74. The number of carbonyl (C=O) groups is 1. The number of aliphatic hydroxyl groups excluding tert-OH is 1. The molecule has 2 N–H and O–H groups in total. The minimum absolute atomic E-state index is 0.0873. The molecule has 35 heavy (non-hydrogen) atoms. The van der Waals surface area contributed by atoms with Gasteiger partial charge in [0.1, 0.15) is 5.75 Å². The maximum atomic E-state index is 12.6. The molecule has 2 heterocycles. The van der Waals surface area contributed by atoms with E-state index in [2.05, 4.69) is 46.4 Å². The summed E-state index contributed by atoms with van der Waals surface area (Å²) in [5.41, 5.74) is 4.14. The normalized spacial score (nSPS) is 14.7. The lowest BCUT2D eigenvalue weighted by atomic mass is 9.98. The zero-order chi connectivity index (χ0) is 24.5. The first-order chi connectivity index (χ1) is 17.1. The first kappa shape index (κ1) is 25.4. The molecule has 0 spiro atoms. The molecule has 2 aromatic carbocycles. The first-order valence-corrected chi connectivity index (χ1v) is 13.4. The van der Waals surface area contributed by atoms with Gasteiger partial charge in [-0.25, -0.2) is 4.98 Å². The van der Waals surface area contributed by atoms with E-state index < -0.39 is 0 Å². The molecule has 186 valence electrons. The number of thiazole rings is 1. The fourth-order valence-electron chi connectivity index (χ4n) is 4.34. The van der Waals surface area contributed by atoms with E-state index in [9.17, 15) is 9.90 Å². The van der Waals surface area contributed by atoms with Crippen LogP contribution in [0.15, 0.2) is 53.9 Å². The Bertz CT molecular complexity index is 1080. The first-order valence-electron chi connectivity index (χ1n) is 12.5. The molecule has 1 fully saturated rings. The molecule has 1 amide bonds. The molecule has 6 nitrogen and oxygen atoms in total. The molecular weight excluding hydrogens is 458 g/mol. The molecule has 1 aliphatic heterocycles. The van der Waals surface area contributed by atoms with Gasteiger partial charge in [0.15, 0.2) is 5.13 Å². The number of carbonyl (C=O) groups excluding carboxylic acids is 1. The second-order valence-electron chi connectivity index (χ2n) is 9.13. The standard InChI is InChI=1S/C28H35N3O3S/c1-2-21-7-9-24(10-8-21)26-20-35-28(29-26)30-27(33)18-23-5-3-6-25(17-23)34-16-4-13-31-14-11-22(19-32)12-15-31/h3,5-10,17,20,22,32H,2,4,11-16,18-19H2,1H3,(H,29,30,33). The van der Waals surface area contributed by atoms with E-state index in [0.29, 0.717) is 24.3 Å². The Morgan fingerprint density at radius 1 is 1.17 bits per heavy atom. The lowest BCUT2D eigenvalue weighted by Crippen LogP contribution is -2.35. The number of hydrogen-bond donors (Lipinski definition) is 2. The van der Waals surface area contributed by atoms with Crippen molar-refractivity contribution in [2.75, 3.05) is 38.2 Å². The Morgan fingerprint density at radius 2 is 1.97 bits per heavy atom. The van der Waals surface area contributed by atoms with Gasteiger partial charge in [-0.3, -0.25) is 4.79 Å². The summed E-state index contributed by atoms with van der Waals surface area (Å²) in [7, 11) is 0. The number of anilines is 1. The number of aromatic nitrogens is 1. The number of benzene rings is 2. The van der Waals surface area contributed by atoms with Crippen molar-refractivity contribution in [3.63, 3.8) is 0 Å². The number of likely N-dealkylation sites (tertiary alicyclic amines) is 1. The van der Waals surface area contributed by atoms with Gasteiger partial charge in [-0.15, -0.1) is 11.3 Å². The SMILES string of the molecule is CCc1ccc(-c2csc(NC(=O)Cc3cccc(OCCCN4CCC(CO)CC4)c3)n2)cc1. The van der Waals surface area contributed by atoms with Crippen molar-refractivity contribution in [1.82, 2.24) is 9.88 Å². The van der Waals surface area contributed by atoms with Crippen LogP contribution in [0.4, 0.5) is 5.13 Å².